The van der Waals surface area contributed by atoms with Crippen LogP contribution in [0, 0.1) is 0 Å². The van der Waals surface area contributed by atoms with Gasteiger partial charge in [0, 0.05) is 11.3 Å². The van der Waals surface area contributed by atoms with Crippen LogP contribution in [0.3, 0.4) is 0 Å². The number of nitrogens with one attached hydrogen (secondary N) is 1. The number of carbonyl (C=O) groups excluding carboxylic acids is 2. The standard InChI is InChI=1S/C10H12NO5P.2Na/c1-7(12)8-2-4-9(5-3-8)11-10(13)6-17(14,15)16;;/h2-5H,6H2,1H3,(H,11,13)(H2,14,15,16);;/q;2*+1/p-2. The number of ketones is 1. The minimum absolute atomic E-state index is 0. The van der Waals surface area contributed by atoms with Crippen LogP contribution in [0.5, 0.6) is 0 Å². The van der Waals surface area contributed by atoms with Crippen molar-refractivity contribution in [3.05, 3.63) is 29.8 Å². The fourth-order valence-electron chi connectivity index (χ4n) is 1.16. The molecule has 92 valence electrons. The molecule has 0 spiro atoms. The smallest absolute Gasteiger partial charge is 0.810 e. The zero-order valence-electron chi connectivity index (χ0n) is 11.0. The average Bonchev–Trinajstić information content (AvgIpc) is 2.15. The van der Waals surface area contributed by atoms with Crippen LogP contribution in [0.25, 0.3) is 0 Å². The monoisotopic (exact) mass is 301 g/mol. The predicted octanol–water partition coefficient (Wildman–Crippen LogP) is -6.25. The molecule has 1 rings (SSSR count). The fraction of sp³-hybridized carbons (Fsp3) is 0.200. The second-order valence-corrected chi connectivity index (χ2v) is 4.99. The third kappa shape index (κ3) is 9.13. The van der Waals surface area contributed by atoms with Gasteiger partial charge in [0.15, 0.2) is 5.78 Å². The van der Waals surface area contributed by atoms with E-state index in [-0.39, 0.29) is 64.9 Å². The van der Waals surface area contributed by atoms with E-state index in [1.807, 2.05) is 0 Å². The molecule has 1 amide bonds. The quantitative estimate of drug-likeness (QED) is 0.338. The Morgan fingerprint density at radius 3 is 2.00 bits per heavy atom. The summed E-state index contributed by atoms with van der Waals surface area (Å²) in [4.78, 5) is 42.7. The van der Waals surface area contributed by atoms with Gasteiger partial charge in [0.05, 0.1) is 6.16 Å². The molecule has 0 fully saturated rings. The Morgan fingerprint density at radius 1 is 1.16 bits per heavy atom. The van der Waals surface area contributed by atoms with Gasteiger partial charge in [-0.25, -0.2) is 0 Å². The van der Waals surface area contributed by atoms with Crippen LogP contribution in [0.15, 0.2) is 24.3 Å². The van der Waals surface area contributed by atoms with Crippen LogP contribution in [0.2, 0.25) is 0 Å². The Kier molecular flexibility index (Phi) is 10.8. The fourth-order valence-corrected chi connectivity index (χ4v) is 1.60. The Labute approximate surface area is 155 Å². The van der Waals surface area contributed by atoms with Gasteiger partial charge in [-0.15, -0.1) is 0 Å². The molecular formula is C10H10NNa2O5P. The maximum atomic E-state index is 11.1. The van der Waals surface area contributed by atoms with Gasteiger partial charge in [-0.05, 0) is 31.2 Å². The van der Waals surface area contributed by atoms with E-state index >= 15 is 0 Å². The summed E-state index contributed by atoms with van der Waals surface area (Å²) in [6.45, 7) is 1.40. The predicted molar refractivity (Wildman–Crippen MR) is 57.5 cm³/mol. The third-order valence-corrected chi connectivity index (χ3v) is 2.59. The number of Topliss-reactive ketones (excluding diaryl/α,β-unsaturated/α-hetero) is 1. The van der Waals surface area contributed by atoms with E-state index in [4.69, 9.17) is 0 Å². The van der Waals surface area contributed by atoms with Gasteiger partial charge >= 0.3 is 59.1 Å². The average molecular weight is 301 g/mol. The molecule has 0 saturated carbocycles. The van der Waals surface area contributed by atoms with E-state index in [9.17, 15) is 23.9 Å². The van der Waals surface area contributed by atoms with E-state index in [0.717, 1.165) is 0 Å². The van der Waals surface area contributed by atoms with Crippen molar-refractivity contribution in [2.75, 3.05) is 11.5 Å². The van der Waals surface area contributed by atoms with Crippen molar-refractivity contribution < 1.29 is 83.1 Å². The van der Waals surface area contributed by atoms with Gasteiger partial charge in [-0.2, -0.15) is 0 Å². The van der Waals surface area contributed by atoms with Crippen LogP contribution in [-0.4, -0.2) is 17.9 Å². The molecule has 9 heteroatoms. The molecule has 0 radical (unpaired) electrons. The summed E-state index contributed by atoms with van der Waals surface area (Å²) in [5, 5.41) is 2.24. The summed E-state index contributed by atoms with van der Waals surface area (Å²) in [6, 6.07) is 5.89. The minimum atomic E-state index is -4.85. The number of hydrogen-bond donors (Lipinski definition) is 1. The summed E-state index contributed by atoms with van der Waals surface area (Å²) in [5.41, 5.74) is 0.801. The van der Waals surface area contributed by atoms with Crippen LogP contribution < -0.4 is 74.2 Å². The van der Waals surface area contributed by atoms with E-state index in [0.29, 0.717) is 11.3 Å². The van der Waals surface area contributed by atoms with Gasteiger partial charge in [0.2, 0.25) is 5.91 Å². The van der Waals surface area contributed by atoms with Crippen LogP contribution in [-0.2, 0) is 9.36 Å². The molecule has 0 unspecified atom stereocenters. The molecule has 0 heterocycles. The number of carbonyl (C=O) groups is 2. The second-order valence-electron chi connectivity index (χ2n) is 3.45. The van der Waals surface area contributed by atoms with E-state index in [1.54, 1.807) is 0 Å². The van der Waals surface area contributed by atoms with Crippen molar-refractivity contribution >= 4 is 25.0 Å². The topological polar surface area (TPSA) is 109 Å². The van der Waals surface area contributed by atoms with Gasteiger partial charge in [0.25, 0.3) is 0 Å². The molecule has 0 atom stereocenters. The van der Waals surface area contributed by atoms with Crippen molar-refractivity contribution in [2.45, 2.75) is 6.92 Å². The molecule has 1 aromatic carbocycles. The van der Waals surface area contributed by atoms with E-state index in [1.165, 1.54) is 31.2 Å². The van der Waals surface area contributed by atoms with E-state index < -0.39 is 19.7 Å². The van der Waals surface area contributed by atoms with Crippen LogP contribution in [0.1, 0.15) is 17.3 Å². The Morgan fingerprint density at radius 2 is 1.63 bits per heavy atom. The number of hydrogen-bond acceptors (Lipinski definition) is 5. The molecule has 1 aromatic rings. The summed E-state index contributed by atoms with van der Waals surface area (Å²) in [6.07, 6.45) is -1.08. The molecule has 0 aliphatic carbocycles. The molecule has 0 aliphatic rings. The molecule has 19 heavy (non-hydrogen) atoms. The van der Waals surface area contributed by atoms with Gasteiger partial charge in [-0.3, -0.25) is 9.59 Å². The Balaban J connectivity index is 0. The van der Waals surface area contributed by atoms with Crippen molar-refractivity contribution in [2.24, 2.45) is 0 Å². The second kappa shape index (κ2) is 9.45. The minimum Gasteiger partial charge on any atom is -0.810 e. The number of amides is 1. The first-order chi connectivity index (χ1) is 7.78. The third-order valence-electron chi connectivity index (χ3n) is 1.91. The van der Waals surface area contributed by atoms with Crippen LogP contribution >= 0.6 is 7.60 Å². The van der Waals surface area contributed by atoms with Gasteiger partial charge < -0.3 is 19.7 Å². The first kappa shape index (κ1) is 21.8. The first-order valence-electron chi connectivity index (χ1n) is 4.70. The molecule has 0 saturated heterocycles. The largest absolute Gasteiger partial charge is 1.00 e. The SMILES string of the molecule is CC(=O)c1ccc(NC(=O)CP(=O)([O-])[O-])cc1.[Na+].[Na+]. The molecule has 0 aromatic heterocycles. The Hall–Kier alpha value is 0.510. The number of rotatable bonds is 4. The van der Waals surface area contributed by atoms with Crippen molar-refractivity contribution in [1.29, 1.82) is 0 Å². The van der Waals surface area contributed by atoms with Crippen molar-refractivity contribution in [1.82, 2.24) is 0 Å². The zero-order valence-corrected chi connectivity index (χ0v) is 15.9. The molecule has 0 bridgehead atoms. The Bertz CT molecular complexity index is 485. The molecule has 1 N–H and O–H groups in total. The van der Waals surface area contributed by atoms with E-state index in [2.05, 4.69) is 5.32 Å². The van der Waals surface area contributed by atoms with Crippen LogP contribution in [0.4, 0.5) is 5.69 Å². The number of anilines is 1. The van der Waals surface area contributed by atoms with Gasteiger partial charge in [-0.1, -0.05) is 7.60 Å². The van der Waals surface area contributed by atoms with Gasteiger partial charge in [0.1, 0.15) is 0 Å². The summed E-state index contributed by atoms with van der Waals surface area (Å²) >= 11 is 0. The van der Waals surface area contributed by atoms with Crippen molar-refractivity contribution in [3.8, 4) is 0 Å². The maximum Gasteiger partial charge on any atom is 1.00 e. The molecule has 6 nitrogen and oxygen atoms in total. The first-order valence-corrected chi connectivity index (χ1v) is 6.43. The summed E-state index contributed by atoms with van der Waals surface area (Å²) < 4.78 is 10.3. The maximum absolute atomic E-state index is 11.1. The van der Waals surface area contributed by atoms with Crippen molar-refractivity contribution in [3.63, 3.8) is 0 Å². The zero-order chi connectivity index (χ0) is 13.1. The normalized spacial score (nSPS) is 9.84. The number of benzene rings is 1. The summed E-state index contributed by atoms with van der Waals surface area (Å²) in [7, 11) is -4.85. The molecule has 0 aliphatic heterocycles. The summed E-state index contributed by atoms with van der Waals surface area (Å²) in [5.74, 6) is -1.01. The molecular weight excluding hydrogens is 291 g/mol.